The van der Waals surface area contributed by atoms with Gasteiger partial charge in [-0.15, -0.1) is 0 Å². The van der Waals surface area contributed by atoms with Gasteiger partial charge < -0.3 is 4.43 Å². The minimum absolute atomic E-state index is 1.44. The lowest BCUT2D eigenvalue weighted by molar-refractivity contribution is 0.424. The fourth-order valence-electron chi connectivity index (χ4n) is 0. The van der Waals surface area contributed by atoms with Crippen molar-refractivity contribution in [3.63, 3.8) is 0 Å². The van der Waals surface area contributed by atoms with Gasteiger partial charge in [-0.3, -0.25) is 0 Å². The van der Waals surface area contributed by atoms with Gasteiger partial charge in [-0.05, 0) is 13.1 Å². The highest BCUT2D eigenvalue weighted by atomic mass is 32.3. The third-order valence-electron chi connectivity index (χ3n) is 0.500. The number of thiol groups is 1. The molecule has 0 aliphatic rings. The number of hydrogen-bond donors (Lipinski definition) is 1. The van der Waals surface area contributed by atoms with Crippen molar-refractivity contribution in [1.82, 2.24) is 0 Å². The van der Waals surface area contributed by atoms with E-state index in [2.05, 4.69) is 12.1 Å². The van der Waals surface area contributed by atoms with Crippen LogP contribution in [0.25, 0.3) is 0 Å². The van der Waals surface area contributed by atoms with Gasteiger partial charge in [0, 0.05) is 7.11 Å². The smallest absolute Gasteiger partial charge is 0.244 e. The van der Waals surface area contributed by atoms with Gasteiger partial charge in [0.15, 0.2) is 0 Å². The lowest BCUT2D eigenvalue weighted by Crippen LogP contribution is -2.19. The number of rotatable bonds is 1. The van der Waals surface area contributed by atoms with Crippen molar-refractivity contribution in [3.8, 4) is 0 Å². The first-order chi connectivity index (χ1) is 2.56. The Balaban J connectivity index is 3.17. The predicted octanol–water partition coefficient (Wildman–Crippen LogP) is 1.26. The van der Waals surface area contributed by atoms with Gasteiger partial charge in [0.1, 0.15) is 0 Å². The largest absolute Gasteiger partial charge is 0.411 e. The van der Waals surface area contributed by atoms with Crippen molar-refractivity contribution in [2.24, 2.45) is 0 Å². The van der Waals surface area contributed by atoms with Crippen LogP contribution in [-0.2, 0) is 4.43 Å². The summed E-state index contributed by atoms with van der Waals surface area (Å²) in [5, 5.41) is 0. The second-order valence-electron chi connectivity index (χ2n) is 1.65. The zero-order valence-electron chi connectivity index (χ0n) is 4.36. The summed E-state index contributed by atoms with van der Waals surface area (Å²) in [6.07, 6.45) is 0. The van der Waals surface area contributed by atoms with Crippen molar-refractivity contribution in [2.75, 3.05) is 7.11 Å². The molecular formula is C3H10OSSi. The van der Waals surface area contributed by atoms with Crippen LogP contribution in [0.15, 0.2) is 0 Å². The van der Waals surface area contributed by atoms with E-state index in [1.807, 2.05) is 13.1 Å². The van der Waals surface area contributed by atoms with Gasteiger partial charge >= 0.3 is 0 Å². The van der Waals surface area contributed by atoms with Crippen molar-refractivity contribution in [2.45, 2.75) is 13.1 Å². The van der Waals surface area contributed by atoms with Crippen LogP contribution >= 0.6 is 12.1 Å². The summed E-state index contributed by atoms with van der Waals surface area (Å²) >= 11 is 4.17. The molecule has 0 heterocycles. The lowest BCUT2D eigenvalue weighted by atomic mass is 11.8. The summed E-state index contributed by atoms with van der Waals surface area (Å²) < 4.78 is 4.94. The molecule has 0 aliphatic carbocycles. The van der Waals surface area contributed by atoms with E-state index in [0.29, 0.717) is 0 Å². The van der Waals surface area contributed by atoms with Crippen LogP contribution in [-0.4, -0.2) is 14.6 Å². The van der Waals surface area contributed by atoms with Crippen LogP contribution in [0.3, 0.4) is 0 Å². The molecule has 0 spiro atoms. The predicted molar refractivity (Wildman–Crippen MR) is 33.5 cm³/mol. The molecule has 0 radical (unpaired) electrons. The minimum atomic E-state index is -1.44. The summed E-state index contributed by atoms with van der Waals surface area (Å²) in [4.78, 5) is 0. The Morgan fingerprint density at radius 2 is 1.67 bits per heavy atom. The Morgan fingerprint density at radius 1 is 1.50 bits per heavy atom. The molecule has 0 saturated heterocycles. The van der Waals surface area contributed by atoms with Gasteiger partial charge in [-0.2, -0.15) is 12.1 Å². The highest BCUT2D eigenvalue weighted by Gasteiger charge is 2.11. The molecule has 6 heavy (non-hydrogen) atoms. The van der Waals surface area contributed by atoms with Crippen molar-refractivity contribution >= 4 is 19.5 Å². The Bertz CT molecular complexity index is 40.5. The Labute approximate surface area is 44.9 Å². The second kappa shape index (κ2) is 2.00. The molecular weight excluding hydrogens is 112 g/mol. The SMILES string of the molecule is CO[Si](C)(C)S. The maximum atomic E-state index is 4.94. The van der Waals surface area contributed by atoms with E-state index in [4.69, 9.17) is 4.43 Å². The van der Waals surface area contributed by atoms with Gasteiger partial charge in [-0.1, -0.05) is 0 Å². The molecule has 0 saturated carbocycles. The molecule has 0 unspecified atom stereocenters. The quantitative estimate of drug-likeness (QED) is 0.407. The summed E-state index contributed by atoms with van der Waals surface area (Å²) in [6.45, 7) is 4.05. The molecule has 38 valence electrons. The minimum Gasteiger partial charge on any atom is -0.411 e. The van der Waals surface area contributed by atoms with E-state index >= 15 is 0 Å². The maximum absolute atomic E-state index is 4.94. The standard InChI is InChI=1S/C3H10OSSi/c1-4-6(2,3)5/h5H,1-3H3. The van der Waals surface area contributed by atoms with Crippen LogP contribution in [0.4, 0.5) is 0 Å². The zero-order chi connectivity index (χ0) is 5.21. The molecule has 0 aromatic heterocycles. The van der Waals surface area contributed by atoms with E-state index in [1.54, 1.807) is 7.11 Å². The molecule has 0 fully saturated rings. The van der Waals surface area contributed by atoms with Gasteiger partial charge in [0.05, 0.1) is 0 Å². The van der Waals surface area contributed by atoms with Crippen LogP contribution in [0.5, 0.6) is 0 Å². The lowest BCUT2D eigenvalue weighted by Gasteiger charge is -2.09. The summed E-state index contributed by atoms with van der Waals surface area (Å²) in [6, 6.07) is 0. The maximum Gasteiger partial charge on any atom is 0.244 e. The second-order valence-corrected chi connectivity index (χ2v) is 8.18. The molecule has 0 aromatic rings. The fraction of sp³-hybridized carbons (Fsp3) is 1.00. The molecule has 0 bridgehead atoms. The first-order valence-corrected chi connectivity index (χ1v) is 6.03. The van der Waals surface area contributed by atoms with Crippen LogP contribution in [0, 0.1) is 0 Å². The number of hydrogen-bond acceptors (Lipinski definition) is 2. The van der Waals surface area contributed by atoms with Crippen LogP contribution < -0.4 is 0 Å². The van der Waals surface area contributed by atoms with Crippen molar-refractivity contribution < 1.29 is 4.43 Å². The third-order valence-corrected chi connectivity index (χ3v) is 2.05. The monoisotopic (exact) mass is 122 g/mol. The molecule has 1 nitrogen and oxygen atoms in total. The Kier molecular flexibility index (Phi) is 2.17. The molecule has 0 amide bonds. The van der Waals surface area contributed by atoms with Crippen LogP contribution in [0.1, 0.15) is 0 Å². The van der Waals surface area contributed by atoms with Gasteiger partial charge in [0.25, 0.3) is 0 Å². The molecule has 0 aromatic carbocycles. The highest BCUT2D eigenvalue weighted by molar-refractivity contribution is 8.13. The molecule has 0 rings (SSSR count). The zero-order valence-corrected chi connectivity index (χ0v) is 6.25. The van der Waals surface area contributed by atoms with E-state index in [9.17, 15) is 0 Å². The topological polar surface area (TPSA) is 9.23 Å². The van der Waals surface area contributed by atoms with Gasteiger partial charge in [-0.25, -0.2) is 0 Å². The average Bonchev–Trinajstić information content (AvgIpc) is 1.35. The van der Waals surface area contributed by atoms with Crippen LogP contribution in [0.2, 0.25) is 13.1 Å². The molecule has 0 atom stereocenters. The van der Waals surface area contributed by atoms with E-state index in [0.717, 1.165) is 0 Å². The summed E-state index contributed by atoms with van der Waals surface area (Å²) in [7, 11) is 0.257. The Morgan fingerprint density at radius 3 is 1.67 bits per heavy atom. The molecule has 0 N–H and O–H groups in total. The van der Waals surface area contributed by atoms with Gasteiger partial charge in [0.2, 0.25) is 7.47 Å². The fourth-order valence-corrected chi connectivity index (χ4v) is 0. The normalized spacial score (nSPS) is 12.0. The third kappa shape index (κ3) is 4.53. The van der Waals surface area contributed by atoms with E-state index < -0.39 is 7.47 Å². The average molecular weight is 122 g/mol. The van der Waals surface area contributed by atoms with E-state index in [-0.39, 0.29) is 0 Å². The molecule has 3 heteroatoms. The highest BCUT2D eigenvalue weighted by Crippen LogP contribution is 2.04. The molecule has 0 aliphatic heterocycles. The first-order valence-electron chi connectivity index (χ1n) is 1.84. The van der Waals surface area contributed by atoms with E-state index in [1.165, 1.54) is 0 Å². The first kappa shape index (κ1) is 6.53. The Hall–Kier alpha value is 0.527. The summed E-state index contributed by atoms with van der Waals surface area (Å²) in [5.41, 5.74) is 0. The van der Waals surface area contributed by atoms with Crippen molar-refractivity contribution in [3.05, 3.63) is 0 Å². The summed E-state index contributed by atoms with van der Waals surface area (Å²) in [5.74, 6) is 0. The van der Waals surface area contributed by atoms with Crippen molar-refractivity contribution in [1.29, 1.82) is 0 Å².